The molecule has 4 heteroatoms. The van der Waals surface area contributed by atoms with Gasteiger partial charge < -0.3 is 10.1 Å². The summed E-state index contributed by atoms with van der Waals surface area (Å²) in [5, 5.41) is 6.94. The second kappa shape index (κ2) is 5.46. The van der Waals surface area contributed by atoms with Crippen LogP contribution in [0.5, 0.6) is 0 Å². The van der Waals surface area contributed by atoms with Gasteiger partial charge in [-0.15, -0.1) is 0 Å². The second-order valence-electron chi connectivity index (χ2n) is 4.75. The molecule has 0 saturated heterocycles. The van der Waals surface area contributed by atoms with Crippen LogP contribution in [0.1, 0.15) is 39.3 Å². The molecule has 1 unspecified atom stereocenters. The van der Waals surface area contributed by atoms with Crippen molar-refractivity contribution in [3.05, 3.63) is 22.4 Å². The molecule has 0 aromatic carbocycles. The lowest BCUT2D eigenvalue weighted by molar-refractivity contribution is -0.131. The van der Waals surface area contributed by atoms with Gasteiger partial charge in [0.15, 0.2) is 0 Å². The van der Waals surface area contributed by atoms with Crippen LogP contribution >= 0.6 is 11.3 Å². The van der Waals surface area contributed by atoms with E-state index in [0.29, 0.717) is 0 Å². The van der Waals surface area contributed by atoms with Gasteiger partial charge in [0.1, 0.15) is 6.61 Å². The number of amides is 1. The monoisotopic (exact) mass is 241 g/mol. The quantitative estimate of drug-likeness (QED) is 0.880. The molecule has 0 aliphatic heterocycles. The Morgan fingerprint density at radius 3 is 2.75 bits per heavy atom. The molecular formula is C12H19NO2S. The van der Waals surface area contributed by atoms with Crippen LogP contribution < -0.4 is 5.32 Å². The van der Waals surface area contributed by atoms with Crippen LogP contribution in [0.3, 0.4) is 0 Å². The molecule has 1 N–H and O–H groups in total. The molecule has 1 aromatic heterocycles. The van der Waals surface area contributed by atoms with Crippen LogP contribution in [0.15, 0.2) is 16.8 Å². The molecule has 1 aromatic rings. The fourth-order valence-electron chi connectivity index (χ4n) is 1.17. The van der Waals surface area contributed by atoms with Gasteiger partial charge in [-0.05, 0) is 50.1 Å². The van der Waals surface area contributed by atoms with E-state index in [9.17, 15) is 4.79 Å². The van der Waals surface area contributed by atoms with Crippen molar-refractivity contribution < 1.29 is 9.53 Å². The SMILES string of the molecule is CC(NC(=O)COC(C)(C)C)c1ccsc1. The molecule has 1 atom stereocenters. The highest BCUT2D eigenvalue weighted by Crippen LogP contribution is 2.15. The molecule has 1 amide bonds. The Bertz CT molecular complexity index is 327. The van der Waals surface area contributed by atoms with Crippen LogP contribution in [-0.4, -0.2) is 18.1 Å². The highest BCUT2D eigenvalue weighted by molar-refractivity contribution is 7.07. The molecule has 0 aliphatic carbocycles. The van der Waals surface area contributed by atoms with E-state index in [1.807, 2.05) is 44.5 Å². The Balaban J connectivity index is 2.35. The Hall–Kier alpha value is -0.870. The number of thiophene rings is 1. The molecular weight excluding hydrogens is 222 g/mol. The Morgan fingerprint density at radius 1 is 1.56 bits per heavy atom. The molecule has 0 aliphatic rings. The fraction of sp³-hybridized carbons (Fsp3) is 0.583. The summed E-state index contributed by atoms with van der Waals surface area (Å²) in [7, 11) is 0. The van der Waals surface area contributed by atoms with Gasteiger partial charge >= 0.3 is 0 Å². The van der Waals surface area contributed by atoms with Crippen LogP contribution in [-0.2, 0) is 9.53 Å². The zero-order valence-corrected chi connectivity index (χ0v) is 11.1. The largest absolute Gasteiger partial charge is 0.366 e. The number of ether oxygens (including phenoxy) is 1. The van der Waals surface area contributed by atoms with Crippen molar-refractivity contribution in [2.75, 3.05) is 6.61 Å². The maximum Gasteiger partial charge on any atom is 0.246 e. The van der Waals surface area contributed by atoms with E-state index >= 15 is 0 Å². The first-order valence-electron chi connectivity index (χ1n) is 5.34. The zero-order valence-electron chi connectivity index (χ0n) is 10.2. The van der Waals surface area contributed by atoms with Crippen molar-refractivity contribution in [3.8, 4) is 0 Å². The molecule has 1 heterocycles. The number of hydrogen-bond acceptors (Lipinski definition) is 3. The fourth-order valence-corrected chi connectivity index (χ4v) is 1.92. The van der Waals surface area contributed by atoms with Crippen molar-refractivity contribution in [2.45, 2.75) is 39.3 Å². The number of nitrogens with one attached hydrogen (secondary N) is 1. The first-order valence-corrected chi connectivity index (χ1v) is 6.28. The van der Waals surface area contributed by atoms with E-state index in [2.05, 4.69) is 5.32 Å². The van der Waals surface area contributed by atoms with Crippen molar-refractivity contribution >= 4 is 17.2 Å². The van der Waals surface area contributed by atoms with Crippen LogP contribution in [0.2, 0.25) is 0 Å². The van der Waals surface area contributed by atoms with E-state index < -0.39 is 0 Å². The summed E-state index contributed by atoms with van der Waals surface area (Å²) in [6, 6.07) is 2.06. The average molecular weight is 241 g/mol. The van der Waals surface area contributed by atoms with E-state index in [1.54, 1.807) is 11.3 Å². The van der Waals surface area contributed by atoms with Gasteiger partial charge in [-0.3, -0.25) is 4.79 Å². The van der Waals surface area contributed by atoms with E-state index in [-0.39, 0.29) is 24.2 Å². The van der Waals surface area contributed by atoms with Gasteiger partial charge in [0, 0.05) is 0 Å². The average Bonchev–Trinajstić information content (AvgIpc) is 2.66. The normalized spacial score (nSPS) is 13.5. The topological polar surface area (TPSA) is 38.3 Å². The third-order valence-electron chi connectivity index (χ3n) is 2.06. The summed E-state index contributed by atoms with van der Waals surface area (Å²) in [5.74, 6) is -0.0753. The first-order chi connectivity index (χ1) is 7.38. The maximum atomic E-state index is 11.6. The summed E-state index contributed by atoms with van der Waals surface area (Å²) < 4.78 is 5.40. The van der Waals surface area contributed by atoms with Gasteiger partial charge in [0.2, 0.25) is 5.91 Å². The molecule has 1 rings (SSSR count). The van der Waals surface area contributed by atoms with E-state index in [0.717, 1.165) is 5.56 Å². The van der Waals surface area contributed by atoms with E-state index in [1.165, 1.54) is 0 Å². The second-order valence-corrected chi connectivity index (χ2v) is 5.53. The molecule has 90 valence electrons. The lowest BCUT2D eigenvalue weighted by Crippen LogP contribution is -2.33. The Labute approximate surface area is 101 Å². The Morgan fingerprint density at radius 2 is 2.25 bits per heavy atom. The van der Waals surface area contributed by atoms with Gasteiger partial charge in [-0.2, -0.15) is 11.3 Å². The molecule has 16 heavy (non-hydrogen) atoms. The predicted molar refractivity (Wildman–Crippen MR) is 66.6 cm³/mol. The summed E-state index contributed by atoms with van der Waals surface area (Å²) in [6.07, 6.45) is 0. The van der Waals surface area contributed by atoms with Crippen molar-refractivity contribution in [1.29, 1.82) is 0 Å². The van der Waals surface area contributed by atoms with Crippen molar-refractivity contribution in [1.82, 2.24) is 5.32 Å². The summed E-state index contributed by atoms with van der Waals surface area (Å²) in [6.45, 7) is 7.88. The standard InChI is InChI=1S/C12H19NO2S/c1-9(10-5-6-16-8-10)13-11(14)7-15-12(2,3)4/h5-6,8-9H,7H2,1-4H3,(H,13,14). The number of carbonyl (C=O) groups excluding carboxylic acids is 1. The maximum absolute atomic E-state index is 11.6. The van der Waals surface area contributed by atoms with Crippen LogP contribution in [0.25, 0.3) is 0 Å². The predicted octanol–water partition coefficient (Wildman–Crippen LogP) is 2.74. The van der Waals surface area contributed by atoms with Gasteiger partial charge in [0.05, 0.1) is 11.6 Å². The zero-order chi connectivity index (χ0) is 12.2. The smallest absolute Gasteiger partial charge is 0.246 e. The lowest BCUT2D eigenvalue weighted by atomic mass is 10.2. The number of rotatable bonds is 4. The van der Waals surface area contributed by atoms with E-state index in [4.69, 9.17) is 4.74 Å². The van der Waals surface area contributed by atoms with Crippen LogP contribution in [0, 0.1) is 0 Å². The minimum absolute atomic E-state index is 0.0438. The third kappa shape index (κ3) is 4.77. The summed E-state index contributed by atoms with van der Waals surface area (Å²) >= 11 is 1.63. The van der Waals surface area contributed by atoms with Gasteiger partial charge in [-0.1, -0.05) is 0 Å². The third-order valence-corrected chi connectivity index (χ3v) is 2.76. The molecule has 3 nitrogen and oxygen atoms in total. The molecule has 0 saturated carbocycles. The first kappa shape index (κ1) is 13.2. The van der Waals surface area contributed by atoms with Gasteiger partial charge in [0.25, 0.3) is 0 Å². The minimum Gasteiger partial charge on any atom is -0.366 e. The molecule has 0 fully saturated rings. The summed E-state index contributed by atoms with van der Waals surface area (Å²) in [4.78, 5) is 11.6. The van der Waals surface area contributed by atoms with Gasteiger partial charge in [-0.25, -0.2) is 0 Å². The minimum atomic E-state index is -0.275. The van der Waals surface area contributed by atoms with Crippen molar-refractivity contribution in [3.63, 3.8) is 0 Å². The lowest BCUT2D eigenvalue weighted by Gasteiger charge is -2.20. The number of hydrogen-bond donors (Lipinski definition) is 1. The molecule has 0 bridgehead atoms. The van der Waals surface area contributed by atoms with Crippen LogP contribution in [0.4, 0.5) is 0 Å². The molecule has 0 spiro atoms. The molecule has 0 radical (unpaired) electrons. The summed E-state index contributed by atoms with van der Waals surface area (Å²) in [5.41, 5.74) is 0.859. The highest BCUT2D eigenvalue weighted by atomic mass is 32.1. The van der Waals surface area contributed by atoms with Crippen molar-refractivity contribution in [2.24, 2.45) is 0 Å². The highest BCUT2D eigenvalue weighted by Gasteiger charge is 2.14. The number of carbonyl (C=O) groups is 1. The Kier molecular flexibility index (Phi) is 4.50.